The van der Waals surface area contributed by atoms with Crippen LogP contribution in [0, 0.1) is 5.92 Å². The lowest BCUT2D eigenvalue weighted by molar-refractivity contribution is 0.255. The molecule has 0 saturated carbocycles. The topological polar surface area (TPSA) is 44.2 Å². The first-order chi connectivity index (χ1) is 14.3. The molecule has 0 fully saturated rings. The summed E-state index contributed by atoms with van der Waals surface area (Å²) in [5, 5.41) is 0. The van der Waals surface area contributed by atoms with Gasteiger partial charge in [0.1, 0.15) is 17.8 Å². The van der Waals surface area contributed by atoms with Crippen molar-refractivity contribution in [2.45, 2.75) is 78.6 Å². The molecule has 1 aromatic carbocycles. The number of nitrogens with zero attached hydrogens (tertiary/aromatic N) is 2. The maximum absolute atomic E-state index is 6.12. The van der Waals surface area contributed by atoms with Crippen LogP contribution in [0.15, 0.2) is 36.8 Å². The Kier molecular flexibility index (Phi) is 11.2. The van der Waals surface area contributed by atoms with Crippen LogP contribution in [0.5, 0.6) is 11.5 Å². The van der Waals surface area contributed by atoms with Gasteiger partial charge < -0.3 is 9.47 Å². The van der Waals surface area contributed by atoms with Crippen LogP contribution in [-0.4, -0.2) is 23.2 Å². The van der Waals surface area contributed by atoms with Crippen molar-refractivity contribution in [1.82, 2.24) is 9.97 Å². The third-order valence-electron chi connectivity index (χ3n) is 5.30. The first kappa shape index (κ1) is 23.2. The minimum absolute atomic E-state index is 0.497. The molecule has 160 valence electrons. The first-order valence-corrected chi connectivity index (χ1v) is 11.4. The number of hydrogen-bond acceptors (Lipinski definition) is 4. The number of aromatic nitrogens is 2. The van der Waals surface area contributed by atoms with E-state index in [4.69, 9.17) is 9.47 Å². The monoisotopic (exact) mass is 398 g/mol. The lowest BCUT2D eigenvalue weighted by atomic mass is 10.1. The van der Waals surface area contributed by atoms with Crippen LogP contribution in [0.25, 0.3) is 11.3 Å². The molecule has 1 heterocycles. The van der Waals surface area contributed by atoms with Gasteiger partial charge in [-0.15, -0.1) is 0 Å². The van der Waals surface area contributed by atoms with Gasteiger partial charge in [-0.05, 0) is 24.5 Å². The molecular formula is C25H38N2O2. The fourth-order valence-electron chi connectivity index (χ4n) is 3.18. The van der Waals surface area contributed by atoms with Gasteiger partial charge in [-0.2, -0.15) is 0 Å². The molecule has 0 saturated heterocycles. The van der Waals surface area contributed by atoms with Gasteiger partial charge >= 0.3 is 0 Å². The largest absolute Gasteiger partial charge is 0.493 e. The van der Waals surface area contributed by atoms with E-state index in [0.29, 0.717) is 12.5 Å². The molecule has 1 aromatic heterocycles. The summed E-state index contributed by atoms with van der Waals surface area (Å²) in [4.78, 5) is 8.64. The van der Waals surface area contributed by atoms with E-state index in [1.807, 2.05) is 24.3 Å². The highest BCUT2D eigenvalue weighted by molar-refractivity contribution is 5.71. The van der Waals surface area contributed by atoms with Crippen molar-refractivity contribution in [2.75, 3.05) is 13.2 Å². The second-order valence-electron chi connectivity index (χ2n) is 7.88. The third-order valence-corrected chi connectivity index (χ3v) is 5.30. The SMILES string of the molecule is CCCCCCCCCCOc1ccccc1-c1ncncc1OCC(C)CC. The Morgan fingerprint density at radius 3 is 2.34 bits per heavy atom. The van der Waals surface area contributed by atoms with E-state index in [9.17, 15) is 0 Å². The molecule has 1 atom stereocenters. The molecule has 2 rings (SSSR count). The predicted octanol–water partition coefficient (Wildman–Crippen LogP) is 7.09. The third kappa shape index (κ3) is 8.43. The second kappa shape index (κ2) is 14.0. The van der Waals surface area contributed by atoms with Crippen LogP contribution in [-0.2, 0) is 0 Å². The summed E-state index contributed by atoms with van der Waals surface area (Å²) in [6, 6.07) is 8.08. The van der Waals surface area contributed by atoms with Crippen LogP contribution in [0.1, 0.15) is 78.6 Å². The van der Waals surface area contributed by atoms with E-state index in [2.05, 4.69) is 30.7 Å². The zero-order chi connectivity index (χ0) is 20.7. The van der Waals surface area contributed by atoms with Crippen LogP contribution < -0.4 is 9.47 Å². The average molecular weight is 399 g/mol. The summed E-state index contributed by atoms with van der Waals surface area (Å²) >= 11 is 0. The van der Waals surface area contributed by atoms with Gasteiger partial charge in [-0.1, -0.05) is 84.3 Å². The summed E-state index contributed by atoms with van der Waals surface area (Å²) in [5.74, 6) is 2.08. The Hall–Kier alpha value is -2.10. The zero-order valence-electron chi connectivity index (χ0n) is 18.5. The Morgan fingerprint density at radius 2 is 1.59 bits per heavy atom. The van der Waals surface area contributed by atoms with Crippen LogP contribution in [0.3, 0.4) is 0 Å². The lowest BCUT2D eigenvalue weighted by Crippen LogP contribution is -2.09. The van der Waals surface area contributed by atoms with E-state index in [0.717, 1.165) is 42.2 Å². The fraction of sp³-hybridized carbons (Fsp3) is 0.600. The molecule has 0 N–H and O–H groups in total. The van der Waals surface area contributed by atoms with Gasteiger partial charge in [0.15, 0.2) is 5.75 Å². The molecule has 0 radical (unpaired) electrons. The molecule has 4 nitrogen and oxygen atoms in total. The number of benzene rings is 1. The molecule has 29 heavy (non-hydrogen) atoms. The molecule has 4 heteroatoms. The molecule has 0 bridgehead atoms. The predicted molar refractivity (Wildman–Crippen MR) is 121 cm³/mol. The van der Waals surface area contributed by atoms with E-state index in [1.54, 1.807) is 12.5 Å². The second-order valence-corrected chi connectivity index (χ2v) is 7.88. The molecule has 0 amide bonds. The minimum Gasteiger partial charge on any atom is -0.493 e. The van der Waals surface area contributed by atoms with Crippen molar-refractivity contribution in [1.29, 1.82) is 0 Å². The van der Waals surface area contributed by atoms with E-state index in [1.165, 1.54) is 44.9 Å². The number of ether oxygens (including phenoxy) is 2. The maximum Gasteiger partial charge on any atom is 0.164 e. The Morgan fingerprint density at radius 1 is 0.862 bits per heavy atom. The summed E-state index contributed by atoms with van der Waals surface area (Å²) in [6.45, 7) is 8.02. The zero-order valence-corrected chi connectivity index (χ0v) is 18.5. The van der Waals surface area contributed by atoms with Gasteiger partial charge in [0.25, 0.3) is 0 Å². The normalized spacial score (nSPS) is 12.0. The summed E-state index contributed by atoms with van der Waals surface area (Å²) in [6.07, 6.45) is 14.8. The molecule has 0 aliphatic rings. The Balaban J connectivity index is 1.89. The molecule has 0 aliphatic carbocycles. The van der Waals surface area contributed by atoms with Crippen LogP contribution >= 0.6 is 0 Å². The van der Waals surface area contributed by atoms with Crippen LogP contribution in [0.2, 0.25) is 0 Å². The van der Waals surface area contributed by atoms with E-state index < -0.39 is 0 Å². The average Bonchev–Trinajstić information content (AvgIpc) is 2.77. The summed E-state index contributed by atoms with van der Waals surface area (Å²) in [7, 11) is 0. The molecule has 0 aliphatic heterocycles. The van der Waals surface area contributed by atoms with Gasteiger partial charge in [0, 0.05) is 5.56 Å². The van der Waals surface area contributed by atoms with Crippen molar-refractivity contribution in [2.24, 2.45) is 5.92 Å². The van der Waals surface area contributed by atoms with Gasteiger partial charge in [-0.3, -0.25) is 0 Å². The van der Waals surface area contributed by atoms with Crippen LogP contribution in [0.4, 0.5) is 0 Å². The molecular weight excluding hydrogens is 360 g/mol. The smallest absolute Gasteiger partial charge is 0.164 e. The molecule has 2 aromatic rings. The Bertz CT molecular complexity index is 690. The molecule has 0 spiro atoms. The highest BCUT2D eigenvalue weighted by atomic mass is 16.5. The van der Waals surface area contributed by atoms with E-state index >= 15 is 0 Å². The Labute approximate surface area is 177 Å². The van der Waals surface area contributed by atoms with Gasteiger partial charge in [0.2, 0.25) is 0 Å². The first-order valence-electron chi connectivity index (χ1n) is 11.4. The van der Waals surface area contributed by atoms with Crippen molar-refractivity contribution in [3.63, 3.8) is 0 Å². The highest BCUT2D eigenvalue weighted by Gasteiger charge is 2.14. The van der Waals surface area contributed by atoms with Gasteiger partial charge in [0.05, 0.1) is 19.4 Å². The highest BCUT2D eigenvalue weighted by Crippen LogP contribution is 2.34. The van der Waals surface area contributed by atoms with Crippen molar-refractivity contribution < 1.29 is 9.47 Å². The molecule has 1 unspecified atom stereocenters. The lowest BCUT2D eigenvalue weighted by Gasteiger charge is -2.15. The minimum atomic E-state index is 0.497. The standard InChI is InChI=1S/C25H38N2O2/c1-4-6-7-8-9-10-11-14-17-28-23-16-13-12-15-22(23)25-24(18-26-20-27-25)29-19-21(3)5-2/h12-13,15-16,18,20-21H,4-11,14,17,19H2,1-3H3. The number of rotatable bonds is 15. The number of unbranched alkanes of at least 4 members (excludes halogenated alkanes) is 7. The van der Waals surface area contributed by atoms with E-state index in [-0.39, 0.29) is 0 Å². The number of hydrogen-bond donors (Lipinski definition) is 0. The fourth-order valence-corrected chi connectivity index (χ4v) is 3.18. The maximum atomic E-state index is 6.12. The quantitative estimate of drug-likeness (QED) is 0.300. The summed E-state index contributed by atoms with van der Waals surface area (Å²) in [5.41, 5.74) is 1.77. The van der Waals surface area contributed by atoms with Gasteiger partial charge in [-0.25, -0.2) is 9.97 Å². The summed E-state index contributed by atoms with van der Waals surface area (Å²) < 4.78 is 12.1. The van der Waals surface area contributed by atoms with Crippen molar-refractivity contribution in [3.8, 4) is 22.8 Å². The van der Waals surface area contributed by atoms with Crippen molar-refractivity contribution in [3.05, 3.63) is 36.8 Å². The van der Waals surface area contributed by atoms with Crippen molar-refractivity contribution >= 4 is 0 Å². The number of para-hydroxylation sites is 1.